The average molecular weight is 428 g/mol. The second-order valence-corrected chi connectivity index (χ2v) is 7.47. The number of anilines is 1. The quantitative estimate of drug-likeness (QED) is 0.592. The summed E-state index contributed by atoms with van der Waals surface area (Å²) in [5.41, 5.74) is -1.37. The number of fused-ring (bicyclic) bond motifs is 1. The van der Waals surface area contributed by atoms with Gasteiger partial charge in [-0.1, -0.05) is 0 Å². The van der Waals surface area contributed by atoms with E-state index in [1.807, 2.05) is 0 Å². The van der Waals surface area contributed by atoms with Crippen molar-refractivity contribution in [3.05, 3.63) is 42.1 Å². The van der Waals surface area contributed by atoms with E-state index in [1.54, 1.807) is 29.7 Å². The molecule has 0 aliphatic heterocycles. The van der Waals surface area contributed by atoms with Crippen molar-refractivity contribution in [1.82, 2.24) is 14.6 Å². The summed E-state index contributed by atoms with van der Waals surface area (Å²) in [7, 11) is 0. The van der Waals surface area contributed by atoms with Crippen molar-refractivity contribution >= 4 is 11.5 Å². The van der Waals surface area contributed by atoms with Crippen LogP contribution in [0.5, 0.6) is 5.75 Å². The summed E-state index contributed by atoms with van der Waals surface area (Å²) >= 11 is 0. The minimum atomic E-state index is -4.72. The minimum Gasteiger partial charge on any atom is -0.434 e. The summed E-state index contributed by atoms with van der Waals surface area (Å²) in [5.74, 6) is -0.282. The summed E-state index contributed by atoms with van der Waals surface area (Å²) in [6, 6.07) is 5.61. The molecule has 4 rings (SSSR count). The predicted molar refractivity (Wildman–Crippen MR) is 97.3 cm³/mol. The highest BCUT2D eigenvalue weighted by Gasteiger charge is 2.39. The molecule has 2 heterocycles. The van der Waals surface area contributed by atoms with Gasteiger partial charge < -0.3 is 15.2 Å². The Bertz CT molecular complexity index is 1070. The van der Waals surface area contributed by atoms with Crippen LogP contribution < -0.4 is 10.1 Å². The van der Waals surface area contributed by atoms with E-state index in [9.17, 15) is 27.1 Å². The number of hydrogen-bond donors (Lipinski definition) is 2. The average Bonchev–Trinajstić information content (AvgIpc) is 3.09. The van der Waals surface area contributed by atoms with Crippen molar-refractivity contribution in [2.75, 3.05) is 5.32 Å². The zero-order valence-corrected chi connectivity index (χ0v) is 15.6. The highest BCUT2D eigenvalue weighted by Crippen LogP contribution is 2.39. The lowest BCUT2D eigenvalue weighted by atomic mass is 9.77. The van der Waals surface area contributed by atoms with Gasteiger partial charge in [-0.05, 0) is 50.1 Å². The van der Waals surface area contributed by atoms with Crippen LogP contribution in [-0.2, 0) is 6.18 Å². The van der Waals surface area contributed by atoms with Crippen LogP contribution in [-0.4, -0.2) is 38.0 Å². The molecule has 0 atom stereocenters. The van der Waals surface area contributed by atoms with Crippen LogP contribution in [0, 0.1) is 0 Å². The van der Waals surface area contributed by atoms with E-state index >= 15 is 0 Å². The first-order chi connectivity index (χ1) is 14.0. The molecule has 0 saturated heterocycles. The number of rotatable bonds is 5. The molecule has 2 N–H and O–H groups in total. The van der Waals surface area contributed by atoms with Crippen LogP contribution in [0.4, 0.5) is 27.9 Å². The molecule has 11 heteroatoms. The molecule has 1 aliphatic carbocycles. The van der Waals surface area contributed by atoms with E-state index in [0.29, 0.717) is 30.4 Å². The first kappa shape index (κ1) is 20.3. The van der Waals surface area contributed by atoms with Crippen molar-refractivity contribution in [2.24, 2.45) is 0 Å². The van der Waals surface area contributed by atoms with Crippen molar-refractivity contribution in [3.8, 4) is 17.0 Å². The van der Waals surface area contributed by atoms with Crippen LogP contribution in [0.3, 0.4) is 0 Å². The van der Waals surface area contributed by atoms with Gasteiger partial charge in [-0.15, -0.1) is 10.2 Å². The standard InChI is InChI=1S/C19H17F5N4O2/c1-18(29)8-11(9-18)25-17-27-26-15(13-3-2-6-28(13)17)12-5-4-10(19(22,23)24)7-14(12)30-16(20)21/h2-7,11,16,29H,8-9H2,1H3,(H,25,27). The normalized spacial score (nSPS) is 21.7. The lowest BCUT2D eigenvalue weighted by Gasteiger charge is -2.41. The van der Waals surface area contributed by atoms with Crippen molar-refractivity contribution in [2.45, 2.75) is 44.2 Å². The van der Waals surface area contributed by atoms with Gasteiger partial charge in [0, 0.05) is 17.8 Å². The lowest BCUT2D eigenvalue weighted by Crippen LogP contribution is -2.48. The maximum absolute atomic E-state index is 13.0. The fourth-order valence-corrected chi connectivity index (χ4v) is 3.62. The highest BCUT2D eigenvalue weighted by atomic mass is 19.4. The van der Waals surface area contributed by atoms with Crippen LogP contribution in [0.25, 0.3) is 16.8 Å². The molecule has 3 aromatic rings. The van der Waals surface area contributed by atoms with Crippen LogP contribution >= 0.6 is 0 Å². The van der Waals surface area contributed by atoms with Gasteiger partial charge in [0.1, 0.15) is 11.4 Å². The van der Waals surface area contributed by atoms with Crippen LogP contribution in [0.2, 0.25) is 0 Å². The van der Waals surface area contributed by atoms with Gasteiger partial charge in [0.15, 0.2) is 0 Å². The van der Waals surface area contributed by atoms with Gasteiger partial charge in [0.2, 0.25) is 5.95 Å². The van der Waals surface area contributed by atoms with Gasteiger partial charge >= 0.3 is 12.8 Å². The molecule has 2 aromatic heterocycles. The molecular formula is C19H17F5N4O2. The van der Waals surface area contributed by atoms with Gasteiger partial charge in [-0.25, -0.2) is 0 Å². The fraction of sp³-hybridized carbons (Fsp3) is 0.368. The number of aliphatic hydroxyl groups is 1. The number of nitrogens with zero attached hydrogens (tertiary/aromatic N) is 3. The van der Waals surface area contributed by atoms with E-state index in [4.69, 9.17) is 0 Å². The van der Waals surface area contributed by atoms with Crippen molar-refractivity contribution in [3.63, 3.8) is 0 Å². The monoisotopic (exact) mass is 428 g/mol. The third-order valence-corrected chi connectivity index (χ3v) is 4.95. The van der Waals surface area contributed by atoms with Gasteiger partial charge in [-0.2, -0.15) is 22.0 Å². The summed E-state index contributed by atoms with van der Waals surface area (Å²) in [6.07, 6.45) is -2.02. The van der Waals surface area contributed by atoms with E-state index in [0.717, 1.165) is 12.1 Å². The molecule has 1 fully saturated rings. The van der Waals surface area contributed by atoms with E-state index in [-0.39, 0.29) is 17.3 Å². The van der Waals surface area contributed by atoms with E-state index in [2.05, 4.69) is 20.3 Å². The number of hydrogen-bond acceptors (Lipinski definition) is 5. The molecule has 1 saturated carbocycles. The summed E-state index contributed by atoms with van der Waals surface area (Å²) in [6.45, 7) is -1.59. The Balaban J connectivity index is 1.75. The van der Waals surface area contributed by atoms with Gasteiger partial charge in [0.05, 0.1) is 16.7 Å². The zero-order valence-electron chi connectivity index (χ0n) is 15.6. The molecule has 1 aliphatic rings. The Kier molecular flexibility index (Phi) is 4.80. The summed E-state index contributed by atoms with van der Waals surface area (Å²) in [5, 5.41) is 21.1. The fourth-order valence-electron chi connectivity index (χ4n) is 3.62. The molecule has 6 nitrogen and oxygen atoms in total. The Hall–Kier alpha value is -2.95. The highest BCUT2D eigenvalue weighted by molar-refractivity contribution is 5.81. The van der Waals surface area contributed by atoms with E-state index < -0.39 is 29.7 Å². The largest absolute Gasteiger partial charge is 0.434 e. The SMILES string of the molecule is CC1(O)CC(Nc2nnc(-c3ccc(C(F)(F)F)cc3OC(F)F)c3cccn23)C1. The maximum atomic E-state index is 13.0. The predicted octanol–water partition coefficient (Wildman–Crippen LogP) is 4.34. The Labute approximate surface area is 167 Å². The van der Waals surface area contributed by atoms with Crippen LogP contribution in [0.15, 0.2) is 36.5 Å². The first-order valence-corrected chi connectivity index (χ1v) is 9.03. The third kappa shape index (κ3) is 3.89. The first-order valence-electron chi connectivity index (χ1n) is 9.03. The Morgan fingerprint density at radius 3 is 2.60 bits per heavy atom. The molecule has 30 heavy (non-hydrogen) atoms. The lowest BCUT2D eigenvalue weighted by molar-refractivity contribution is -0.138. The number of alkyl halides is 5. The summed E-state index contributed by atoms with van der Waals surface area (Å²) < 4.78 is 70.7. The number of nitrogens with one attached hydrogen (secondary N) is 1. The maximum Gasteiger partial charge on any atom is 0.416 e. The number of benzene rings is 1. The molecule has 0 amide bonds. The number of halogens is 5. The zero-order chi connectivity index (χ0) is 21.7. The smallest absolute Gasteiger partial charge is 0.416 e. The minimum absolute atomic E-state index is 0.0189. The molecule has 0 unspecified atom stereocenters. The Morgan fingerprint density at radius 2 is 1.97 bits per heavy atom. The van der Waals surface area contributed by atoms with Crippen molar-refractivity contribution in [1.29, 1.82) is 0 Å². The van der Waals surface area contributed by atoms with Gasteiger partial charge in [0.25, 0.3) is 0 Å². The van der Waals surface area contributed by atoms with E-state index in [1.165, 1.54) is 0 Å². The summed E-state index contributed by atoms with van der Waals surface area (Å²) in [4.78, 5) is 0. The second kappa shape index (κ2) is 7.08. The second-order valence-electron chi connectivity index (χ2n) is 7.47. The molecule has 0 spiro atoms. The molecule has 0 radical (unpaired) electrons. The molecule has 160 valence electrons. The number of aromatic nitrogens is 3. The topological polar surface area (TPSA) is 71.7 Å². The molecular weight excluding hydrogens is 411 g/mol. The van der Waals surface area contributed by atoms with Crippen molar-refractivity contribution < 1.29 is 31.8 Å². The van der Waals surface area contributed by atoms with Gasteiger partial charge in [-0.3, -0.25) is 4.40 Å². The Morgan fingerprint density at radius 1 is 1.23 bits per heavy atom. The molecule has 1 aromatic carbocycles. The number of ether oxygens (including phenoxy) is 1. The molecule has 0 bridgehead atoms. The third-order valence-electron chi connectivity index (χ3n) is 4.95. The van der Waals surface area contributed by atoms with Crippen LogP contribution in [0.1, 0.15) is 25.3 Å².